The Bertz CT molecular complexity index is 1160. The predicted octanol–water partition coefficient (Wildman–Crippen LogP) is 2.06. The molecule has 11 heteroatoms. The third-order valence-corrected chi connectivity index (χ3v) is 6.31. The van der Waals surface area contributed by atoms with E-state index >= 15 is 0 Å². The Labute approximate surface area is 198 Å². The quantitative estimate of drug-likeness (QED) is 0.551. The molecular weight excluding hydrogens is 471 g/mol. The molecule has 1 aromatic heterocycles. The minimum atomic E-state index is -0.985. The lowest BCUT2D eigenvalue weighted by atomic mass is 9.95. The second-order valence-electron chi connectivity index (χ2n) is 7.26. The minimum absolute atomic E-state index is 0.0703. The summed E-state index contributed by atoms with van der Waals surface area (Å²) in [6, 6.07) is 2.52. The van der Waals surface area contributed by atoms with E-state index in [4.69, 9.17) is 21.3 Å². The fourth-order valence-corrected chi connectivity index (χ4v) is 4.52. The van der Waals surface area contributed by atoms with Gasteiger partial charge in [0.2, 0.25) is 0 Å². The van der Waals surface area contributed by atoms with Gasteiger partial charge in [0.1, 0.15) is 24.5 Å². The molecule has 172 valence electrons. The lowest BCUT2D eigenvalue weighted by Crippen LogP contribution is -2.52. The first-order chi connectivity index (χ1) is 16.0. The summed E-state index contributed by atoms with van der Waals surface area (Å²) in [5, 5.41) is 24.8. The zero-order valence-corrected chi connectivity index (χ0v) is 18.9. The van der Waals surface area contributed by atoms with Gasteiger partial charge in [0.05, 0.1) is 18.8 Å². The molecule has 4 rings (SSSR count). The van der Waals surface area contributed by atoms with Gasteiger partial charge in [0.25, 0.3) is 0 Å². The monoisotopic (exact) mass is 490 g/mol. The van der Waals surface area contributed by atoms with E-state index in [1.807, 2.05) is 5.38 Å². The SMILES string of the molecule is O=C(O)[C@@H]1COCCN1CC1=C(C#CCO)C(c2ccc(F)cc2Cl)N=C(c2nccs2)N1. The normalized spacial score (nSPS) is 21.1. The zero-order chi connectivity index (χ0) is 23.4. The molecule has 2 atom stereocenters. The summed E-state index contributed by atoms with van der Waals surface area (Å²) in [4.78, 5) is 22.6. The molecule has 2 aliphatic rings. The van der Waals surface area contributed by atoms with E-state index in [0.29, 0.717) is 40.8 Å². The van der Waals surface area contributed by atoms with Crippen molar-refractivity contribution in [3.05, 3.63) is 62.5 Å². The van der Waals surface area contributed by atoms with Gasteiger partial charge in [-0.05, 0) is 12.1 Å². The van der Waals surface area contributed by atoms with Crippen LogP contribution in [-0.2, 0) is 9.53 Å². The first-order valence-corrected chi connectivity index (χ1v) is 11.3. The van der Waals surface area contributed by atoms with Gasteiger partial charge in [-0.25, -0.2) is 9.37 Å². The smallest absolute Gasteiger partial charge is 0.323 e. The molecule has 0 amide bonds. The van der Waals surface area contributed by atoms with Crippen molar-refractivity contribution < 1.29 is 24.1 Å². The Morgan fingerprint density at radius 2 is 2.30 bits per heavy atom. The van der Waals surface area contributed by atoms with Crippen LogP contribution in [-0.4, -0.2) is 70.9 Å². The van der Waals surface area contributed by atoms with Gasteiger partial charge >= 0.3 is 5.97 Å². The van der Waals surface area contributed by atoms with Crippen molar-refractivity contribution in [2.75, 3.05) is 32.9 Å². The van der Waals surface area contributed by atoms with E-state index in [9.17, 15) is 19.4 Å². The van der Waals surface area contributed by atoms with Crippen LogP contribution in [0.5, 0.6) is 0 Å². The standard InChI is InChI=1S/C22H20ClFN4O4S/c23-16-10-13(24)3-4-14(16)19-15(2-1-7-29)17(26-20(27-19)21-25-5-9-33-21)11-28-6-8-32-12-18(28)22(30)31/h3-5,9-10,18-19,29H,6-8,11-12H2,(H,26,27)(H,30,31)/t18-,19?/m0/s1. The fraction of sp³-hybridized carbons (Fsp3) is 0.318. The van der Waals surface area contributed by atoms with E-state index in [0.717, 1.165) is 0 Å². The van der Waals surface area contributed by atoms with Crippen LogP contribution in [0.15, 0.2) is 46.0 Å². The number of rotatable bonds is 5. The van der Waals surface area contributed by atoms with E-state index in [1.54, 1.807) is 17.2 Å². The molecule has 0 saturated carbocycles. The first-order valence-electron chi connectivity index (χ1n) is 10.0. The number of ether oxygens (including phenoxy) is 1. The Balaban J connectivity index is 1.82. The number of carboxylic acids is 1. The number of morpholine rings is 1. The number of carbonyl (C=O) groups is 1. The molecule has 0 spiro atoms. The molecule has 1 saturated heterocycles. The molecule has 33 heavy (non-hydrogen) atoms. The first kappa shape index (κ1) is 23.4. The molecule has 0 radical (unpaired) electrons. The molecule has 3 heterocycles. The van der Waals surface area contributed by atoms with Crippen LogP contribution in [0.1, 0.15) is 16.6 Å². The van der Waals surface area contributed by atoms with Crippen LogP contribution in [0.3, 0.4) is 0 Å². The number of aliphatic hydroxyl groups excluding tert-OH is 1. The molecular formula is C22H20ClFN4O4S. The summed E-state index contributed by atoms with van der Waals surface area (Å²) < 4.78 is 19.1. The lowest BCUT2D eigenvalue weighted by molar-refractivity contribution is -0.149. The maximum Gasteiger partial charge on any atom is 0.323 e. The van der Waals surface area contributed by atoms with Gasteiger partial charge < -0.3 is 20.3 Å². The second-order valence-corrected chi connectivity index (χ2v) is 8.56. The third-order valence-electron chi connectivity index (χ3n) is 5.21. The molecule has 1 fully saturated rings. The van der Waals surface area contributed by atoms with Crippen LogP contribution >= 0.6 is 22.9 Å². The number of aliphatic carboxylic acids is 1. The maximum absolute atomic E-state index is 13.7. The number of nitrogens with one attached hydrogen (secondary N) is 1. The minimum Gasteiger partial charge on any atom is -0.480 e. The van der Waals surface area contributed by atoms with E-state index in [1.165, 1.54) is 23.5 Å². The van der Waals surface area contributed by atoms with Crippen molar-refractivity contribution in [3.63, 3.8) is 0 Å². The average molecular weight is 491 g/mol. The van der Waals surface area contributed by atoms with Gasteiger partial charge in [-0.1, -0.05) is 29.5 Å². The summed E-state index contributed by atoms with van der Waals surface area (Å²) in [5.74, 6) is 4.60. The molecule has 0 aliphatic carbocycles. The Kier molecular flexibility index (Phi) is 7.37. The second kappa shape index (κ2) is 10.4. The largest absolute Gasteiger partial charge is 0.480 e. The van der Waals surface area contributed by atoms with Crippen molar-refractivity contribution in [2.45, 2.75) is 12.1 Å². The third kappa shape index (κ3) is 5.24. The number of halogens is 2. The molecule has 3 N–H and O–H groups in total. The Hall–Kier alpha value is -2.81. The lowest BCUT2D eigenvalue weighted by Gasteiger charge is -2.35. The van der Waals surface area contributed by atoms with E-state index < -0.39 is 23.9 Å². The van der Waals surface area contributed by atoms with E-state index in [2.05, 4.69) is 22.1 Å². The molecule has 2 aliphatic heterocycles. The number of hydrogen-bond acceptors (Lipinski definition) is 8. The highest BCUT2D eigenvalue weighted by molar-refractivity contribution is 7.11. The Morgan fingerprint density at radius 1 is 1.45 bits per heavy atom. The van der Waals surface area contributed by atoms with E-state index in [-0.39, 0.29) is 24.8 Å². The average Bonchev–Trinajstić information content (AvgIpc) is 3.33. The number of carboxylic acid groups (broad SMARTS) is 1. The molecule has 8 nitrogen and oxygen atoms in total. The van der Waals surface area contributed by atoms with Crippen molar-refractivity contribution in [1.82, 2.24) is 15.2 Å². The number of benzene rings is 1. The number of hydrogen-bond donors (Lipinski definition) is 3. The summed E-state index contributed by atoms with van der Waals surface area (Å²) in [5.41, 5.74) is 1.65. The number of amidine groups is 1. The van der Waals surface area contributed by atoms with Crippen LogP contribution in [0.4, 0.5) is 4.39 Å². The topological polar surface area (TPSA) is 107 Å². The molecule has 0 bridgehead atoms. The van der Waals surface area contributed by atoms with Crippen LogP contribution in [0, 0.1) is 17.7 Å². The Morgan fingerprint density at radius 3 is 3.00 bits per heavy atom. The summed E-state index contributed by atoms with van der Waals surface area (Å²) in [7, 11) is 0. The van der Waals surface area contributed by atoms with Crippen LogP contribution in [0.2, 0.25) is 5.02 Å². The highest BCUT2D eigenvalue weighted by Gasteiger charge is 2.33. The highest BCUT2D eigenvalue weighted by Crippen LogP contribution is 2.36. The molecule has 1 unspecified atom stereocenters. The van der Waals surface area contributed by atoms with Crippen molar-refractivity contribution in [3.8, 4) is 11.8 Å². The molecule has 1 aromatic carbocycles. The predicted molar refractivity (Wildman–Crippen MR) is 122 cm³/mol. The van der Waals surface area contributed by atoms with Gasteiger partial charge in [0.15, 0.2) is 10.8 Å². The number of nitrogens with zero attached hydrogens (tertiary/aromatic N) is 3. The van der Waals surface area contributed by atoms with Gasteiger partial charge in [0, 0.05) is 40.9 Å². The van der Waals surface area contributed by atoms with Crippen molar-refractivity contribution in [2.24, 2.45) is 4.99 Å². The summed E-state index contributed by atoms with van der Waals surface area (Å²) >= 11 is 7.75. The number of thiazole rings is 1. The highest BCUT2D eigenvalue weighted by atomic mass is 35.5. The van der Waals surface area contributed by atoms with Gasteiger partial charge in [-0.3, -0.25) is 14.7 Å². The van der Waals surface area contributed by atoms with Crippen molar-refractivity contribution in [1.29, 1.82) is 0 Å². The number of aliphatic imine (C=N–C) groups is 1. The van der Waals surface area contributed by atoms with Crippen LogP contribution in [0.25, 0.3) is 0 Å². The van der Waals surface area contributed by atoms with Gasteiger partial charge in [-0.15, -0.1) is 11.3 Å². The summed E-state index contributed by atoms with van der Waals surface area (Å²) in [6.07, 6.45) is 1.65. The van der Waals surface area contributed by atoms with Crippen LogP contribution < -0.4 is 5.32 Å². The molecule has 2 aromatic rings. The zero-order valence-electron chi connectivity index (χ0n) is 17.3. The van der Waals surface area contributed by atoms with Crippen molar-refractivity contribution >= 4 is 34.7 Å². The summed E-state index contributed by atoms with van der Waals surface area (Å²) in [6.45, 7) is 0.722. The van der Waals surface area contributed by atoms with Gasteiger partial charge in [-0.2, -0.15) is 0 Å². The number of aromatic nitrogens is 1. The number of aliphatic hydroxyl groups is 1. The maximum atomic E-state index is 13.7. The fourth-order valence-electron chi connectivity index (χ4n) is 3.66.